The molecule has 0 fully saturated rings. The third-order valence-corrected chi connectivity index (χ3v) is 3.98. The summed E-state index contributed by atoms with van der Waals surface area (Å²) in [6.45, 7) is 6.36. The number of anilines is 1. The van der Waals surface area contributed by atoms with Gasteiger partial charge >= 0.3 is 0 Å². The highest BCUT2D eigenvalue weighted by Crippen LogP contribution is 2.22. The van der Waals surface area contributed by atoms with Gasteiger partial charge in [-0.3, -0.25) is 9.48 Å². The first-order valence-corrected chi connectivity index (χ1v) is 8.07. The summed E-state index contributed by atoms with van der Waals surface area (Å²) >= 11 is 0. The van der Waals surface area contributed by atoms with E-state index in [0.717, 1.165) is 28.0 Å². The van der Waals surface area contributed by atoms with Crippen LogP contribution in [0, 0.1) is 6.92 Å². The molecule has 1 aromatic heterocycles. The Morgan fingerprint density at radius 2 is 1.92 bits per heavy atom. The molecule has 0 bridgehead atoms. The van der Waals surface area contributed by atoms with Crippen LogP contribution in [-0.4, -0.2) is 22.3 Å². The molecule has 1 N–H and O–H groups in total. The molecule has 0 aliphatic heterocycles. The van der Waals surface area contributed by atoms with Crippen LogP contribution in [0.1, 0.15) is 25.6 Å². The Hall–Kier alpha value is -2.82. The number of fused-ring (bicyclic) bond motifs is 1. The molecule has 5 nitrogen and oxygen atoms in total. The Kier molecular flexibility index (Phi) is 4.51. The first-order chi connectivity index (χ1) is 11.6. The standard InChI is InChI=1S/C19H21N3O2/c1-4-24-16-11-9-15(10-12-16)20-19(23)14(3)22-18-8-6-5-7-17(18)13(2)21-22/h5-12,14H,4H2,1-3H3,(H,20,23). The average molecular weight is 323 g/mol. The number of nitrogens with zero attached hydrogens (tertiary/aromatic N) is 2. The van der Waals surface area contributed by atoms with E-state index in [1.165, 1.54) is 0 Å². The first kappa shape index (κ1) is 16.1. The van der Waals surface area contributed by atoms with Crippen LogP contribution in [0.15, 0.2) is 48.5 Å². The lowest BCUT2D eigenvalue weighted by Gasteiger charge is -2.14. The molecule has 1 unspecified atom stereocenters. The summed E-state index contributed by atoms with van der Waals surface area (Å²) in [5.74, 6) is 0.685. The van der Waals surface area contributed by atoms with Gasteiger partial charge in [0.15, 0.2) is 0 Å². The number of ether oxygens (including phenoxy) is 1. The second kappa shape index (κ2) is 6.74. The van der Waals surface area contributed by atoms with Crippen LogP contribution in [-0.2, 0) is 4.79 Å². The highest BCUT2D eigenvalue weighted by molar-refractivity contribution is 5.94. The Balaban J connectivity index is 1.79. The maximum absolute atomic E-state index is 12.6. The van der Waals surface area contributed by atoms with Crippen molar-refractivity contribution in [2.24, 2.45) is 0 Å². The molecule has 0 saturated heterocycles. The maximum Gasteiger partial charge on any atom is 0.248 e. The van der Waals surface area contributed by atoms with Crippen LogP contribution in [0.25, 0.3) is 10.9 Å². The van der Waals surface area contributed by atoms with Crippen molar-refractivity contribution in [3.8, 4) is 5.75 Å². The number of amides is 1. The van der Waals surface area contributed by atoms with Crippen LogP contribution >= 0.6 is 0 Å². The van der Waals surface area contributed by atoms with Crippen LogP contribution in [0.5, 0.6) is 5.75 Å². The Morgan fingerprint density at radius 3 is 2.62 bits per heavy atom. The van der Waals surface area contributed by atoms with Crippen LogP contribution in [0.2, 0.25) is 0 Å². The number of hydrogen-bond donors (Lipinski definition) is 1. The molecule has 3 rings (SSSR count). The van der Waals surface area contributed by atoms with Crippen molar-refractivity contribution < 1.29 is 9.53 Å². The monoisotopic (exact) mass is 323 g/mol. The fraction of sp³-hybridized carbons (Fsp3) is 0.263. The van der Waals surface area contributed by atoms with Crippen LogP contribution in [0.3, 0.4) is 0 Å². The minimum atomic E-state index is -0.407. The average Bonchev–Trinajstić information content (AvgIpc) is 2.93. The zero-order valence-corrected chi connectivity index (χ0v) is 14.1. The summed E-state index contributed by atoms with van der Waals surface area (Å²) in [5, 5.41) is 8.52. The minimum absolute atomic E-state index is 0.104. The maximum atomic E-state index is 12.6. The Morgan fingerprint density at radius 1 is 1.21 bits per heavy atom. The van der Waals surface area contributed by atoms with E-state index in [9.17, 15) is 4.79 Å². The Labute approximate surface area is 141 Å². The lowest BCUT2D eigenvalue weighted by molar-refractivity contribution is -0.119. The van der Waals surface area contributed by atoms with Crippen molar-refractivity contribution in [2.75, 3.05) is 11.9 Å². The molecule has 124 valence electrons. The molecule has 1 heterocycles. The van der Waals surface area contributed by atoms with Crippen molar-refractivity contribution in [1.82, 2.24) is 9.78 Å². The van der Waals surface area contributed by atoms with Gasteiger partial charge in [-0.1, -0.05) is 18.2 Å². The summed E-state index contributed by atoms with van der Waals surface area (Å²) < 4.78 is 7.18. The summed E-state index contributed by atoms with van der Waals surface area (Å²) in [6, 6.07) is 14.9. The fourth-order valence-corrected chi connectivity index (χ4v) is 2.70. The normalized spacial score (nSPS) is 12.1. The van der Waals surface area contributed by atoms with Crippen molar-refractivity contribution in [3.63, 3.8) is 0 Å². The summed E-state index contributed by atoms with van der Waals surface area (Å²) in [6.07, 6.45) is 0. The molecular formula is C19H21N3O2. The molecule has 5 heteroatoms. The molecular weight excluding hydrogens is 302 g/mol. The number of aromatic nitrogens is 2. The number of aryl methyl sites for hydroxylation is 1. The van der Waals surface area contributed by atoms with Crippen LogP contribution < -0.4 is 10.1 Å². The van der Waals surface area contributed by atoms with E-state index in [0.29, 0.717) is 6.61 Å². The van der Waals surface area contributed by atoms with Gasteiger partial charge in [0.2, 0.25) is 5.91 Å². The Bertz CT molecular complexity index is 853. The topological polar surface area (TPSA) is 56.1 Å². The summed E-state index contributed by atoms with van der Waals surface area (Å²) in [7, 11) is 0. The van der Waals surface area contributed by atoms with E-state index >= 15 is 0 Å². The van der Waals surface area contributed by atoms with Gasteiger partial charge in [-0.25, -0.2) is 0 Å². The number of carbonyl (C=O) groups is 1. The van der Waals surface area contributed by atoms with Gasteiger partial charge < -0.3 is 10.1 Å². The number of benzene rings is 2. The highest BCUT2D eigenvalue weighted by Gasteiger charge is 2.19. The van der Waals surface area contributed by atoms with Crippen LogP contribution in [0.4, 0.5) is 5.69 Å². The van der Waals surface area contributed by atoms with Crippen molar-refractivity contribution >= 4 is 22.5 Å². The largest absolute Gasteiger partial charge is 0.494 e. The van der Waals surface area contributed by atoms with Gasteiger partial charge in [-0.2, -0.15) is 5.10 Å². The lowest BCUT2D eigenvalue weighted by Crippen LogP contribution is -2.24. The molecule has 0 aliphatic rings. The number of hydrogen-bond acceptors (Lipinski definition) is 3. The third kappa shape index (κ3) is 3.11. The van der Waals surface area contributed by atoms with Gasteiger partial charge in [0, 0.05) is 11.1 Å². The highest BCUT2D eigenvalue weighted by atomic mass is 16.5. The molecule has 0 spiro atoms. The molecule has 3 aromatic rings. The van der Waals surface area contributed by atoms with Gasteiger partial charge in [-0.05, 0) is 51.1 Å². The van der Waals surface area contributed by atoms with Gasteiger partial charge in [0.05, 0.1) is 17.8 Å². The van der Waals surface area contributed by atoms with Gasteiger partial charge in [0.25, 0.3) is 0 Å². The second-order valence-electron chi connectivity index (χ2n) is 5.67. The smallest absolute Gasteiger partial charge is 0.248 e. The molecule has 2 aromatic carbocycles. The molecule has 0 radical (unpaired) electrons. The molecule has 24 heavy (non-hydrogen) atoms. The lowest BCUT2D eigenvalue weighted by atomic mass is 10.2. The zero-order chi connectivity index (χ0) is 17.1. The molecule has 1 amide bonds. The second-order valence-corrected chi connectivity index (χ2v) is 5.67. The predicted octanol–water partition coefficient (Wildman–Crippen LogP) is 3.94. The van der Waals surface area contributed by atoms with E-state index in [2.05, 4.69) is 10.4 Å². The third-order valence-electron chi connectivity index (χ3n) is 3.98. The minimum Gasteiger partial charge on any atom is -0.494 e. The van der Waals surface area contributed by atoms with Crippen molar-refractivity contribution in [3.05, 3.63) is 54.2 Å². The van der Waals surface area contributed by atoms with Gasteiger partial charge in [-0.15, -0.1) is 0 Å². The van der Waals surface area contributed by atoms with E-state index in [1.54, 1.807) is 4.68 Å². The SMILES string of the molecule is CCOc1ccc(NC(=O)C(C)n2nc(C)c3ccccc32)cc1. The summed E-state index contributed by atoms with van der Waals surface area (Å²) in [5.41, 5.74) is 2.62. The number of para-hydroxylation sites is 1. The zero-order valence-electron chi connectivity index (χ0n) is 14.1. The summed E-state index contributed by atoms with van der Waals surface area (Å²) in [4.78, 5) is 12.6. The number of nitrogens with one attached hydrogen (secondary N) is 1. The number of rotatable bonds is 5. The fourth-order valence-electron chi connectivity index (χ4n) is 2.70. The van der Waals surface area contributed by atoms with E-state index < -0.39 is 6.04 Å². The number of carbonyl (C=O) groups excluding carboxylic acids is 1. The van der Waals surface area contributed by atoms with Crippen molar-refractivity contribution in [2.45, 2.75) is 26.8 Å². The van der Waals surface area contributed by atoms with E-state index in [-0.39, 0.29) is 5.91 Å². The van der Waals surface area contributed by atoms with E-state index in [4.69, 9.17) is 4.74 Å². The van der Waals surface area contributed by atoms with Crippen molar-refractivity contribution in [1.29, 1.82) is 0 Å². The molecule has 1 atom stereocenters. The quantitative estimate of drug-likeness (QED) is 0.773. The van der Waals surface area contributed by atoms with E-state index in [1.807, 2.05) is 69.3 Å². The van der Waals surface area contributed by atoms with Gasteiger partial charge in [0.1, 0.15) is 11.8 Å². The molecule has 0 saturated carbocycles. The first-order valence-electron chi connectivity index (χ1n) is 8.07. The molecule has 0 aliphatic carbocycles. The predicted molar refractivity (Wildman–Crippen MR) is 95.4 cm³/mol.